The summed E-state index contributed by atoms with van der Waals surface area (Å²) in [5, 5.41) is 5.88. The van der Waals surface area contributed by atoms with Gasteiger partial charge in [-0.25, -0.2) is 13.2 Å². The highest BCUT2D eigenvalue weighted by molar-refractivity contribution is 7.90. The molecule has 3 amide bonds. The SMILES string of the molecule is CN1Cc2cc(ccc2S(=O)(=O)Cc2ccccc2)NC(=O)OCCc2ccc(cc2)[C@@H](Nc2cccc(C(N)=O)c2)C1=O. The minimum atomic E-state index is -3.84. The highest BCUT2D eigenvalue weighted by Gasteiger charge is 2.27. The maximum Gasteiger partial charge on any atom is 0.411 e. The number of ether oxygens (including phenoxy) is 1. The topological polar surface area (TPSA) is 148 Å². The molecule has 4 aromatic rings. The second-order valence-corrected chi connectivity index (χ2v) is 12.5. The van der Waals surface area contributed by atoms with Crippen molar-refractivity contribution in [2.24, 2.45) is 5.73 Å². The van der Waals surface area contributed by atoms with Crippen LogP contribution < -0.4 is 16.4 Å². The van der Waals surface area contributed by atoms with Crippen LogP contribution in [0.25, 0.3) is 0 Å². The Morgan fingerprint density at radius 1 is 0.977 bits per heavy atom. The Labute approximate surface area is 255 Å². The number of nitrogens with zero attached hydrogens (tertiary/aromatic N) is 1. The van der Waals surface area contributed by atoms with Crippen molar-refractivity contribution in [3.8, 4) is 0 Å². The lowest BCUT2D eigenvalue weighted by Crippen LogP contribution is -2.35. The number of fused-ring (bicyclic) bond motifs is 9. The molecule has 4 bridgehead atoms. The van der Waals surface area contributed by atoms with E-state index in [1.54, 1.807) is 73.8 Å². The van der Waals surface area contributed by atoms with E-state index in [1.165, 1.54) is 17.0 Å². The normalized spacial score (nSPS) is 15.8. The number of sulfone groups is 1. The van der Waals surface area contributed by atoms with E-state index in [4.69, 9.17) is 10.5 Å². The van der Waals surface area contributed by atoms with Crippen LogP contribution in [0.3, 0.4) is 0 Å². The van der Waals surface area contributed by atoms with Crippen LogP contribution in [0.2, 0.25) is 0 Å². The van der Waals surface area contributed by atoms with Gasteiger partial charge in [-0.1, -0.05) is 60.7 Å². The number of anilines is 2. The second kappa shape index (κ2) is 13.0. The fraction of sp³-hybridized carbons (Fsp3) is 0.182. The zero-order valence-corrected chi connectivity index (χ0v) is 24.8. The molecule has 11 heteroatoms. The number of hydrogen-bond donors (Lipinski definition) is 3. The van der Waals surface area contributed by atoms with Gasteiger partial charge < -0.3 is 20.7 Å². The molecule has 0 saturated carbocycles. The van der Waals surface area contributed by atoms with Gasteiger partial charge in [0.1, 0.15) is 6.04 Å². The zero-order chi connectivity index (χ0) is 31.3. The van der Waals surface area contributed by atoms with Gasteiger partial charge in [-0.05, 0) is 58.7 Å². The highest BCUT2D eigenvalue weighted by Crippen LogP contribution is 2.28. The van der Waals surface area contributed by atoms with Gasteiger partial charge in [0.05, 0.1) is 17.3 Å². The Morgan fingerprint density at radius 3 is 2.45 bits per heavy atom. The summed E-state index contributed by atoms with van der Waals surface area (Å²) in [6.45, 7) is 0.0369. The van der Waals surface area contributed by atoms with Crippen molar-refractivity contribution in [3.05, 3.63) is 125 Å². The third kappa shape index (κ3) is 7.24. The number of nitrogens with one attached hydrogen (secondary N) is 2. The minimum Gasteiger partial charge on any atom is -0.449 e. The van der Waals surface area contributed by atoms with Crippen LogP contribution in [-0.4, -0.2) is 44.9 Å². The van der Waals surface area contributed by atoms with E-state index < -0.39 is 27.9 Å². The molecular formula is C33H32N4O6S. The van der Waals surface area contributed by atoms with Gasteiger partial charge in [0.25, 0.3) is 0 Å². The molecule has 0 saturated heterocycles. The van der Waals surface area contributed by atoms with Crippen LogP contribution >= 0.6 is 0 Å². The quantitative estimate of drug-likeness (QED) is 0.287. The summed E-state index contributed by atoms with van der Waals surface area (Å²) in [7, 11) is -2.26. The number of nitrogens with two attached hydrogens (primary N) is 1. The van der Waals surface area contributed by atoms with Crippen LogP contribution in [0.4, 0.5) is 16.2 Å². The molecule has 0 radical (unpaired) electrons. The number of amides is 3. The summed E-state index contributed by atoms with van der Waals surface area (Å²) in [4.78, 5) is 39.9. The van der Waals surface area contributed by atoms with E-state index in [2.05, 4.69) is 10.6 Å². The Bertz CT molecular complexity index is 1790. The monoisotopic (exact) mass is 612 g/mol. The summed E-state index contributed by atoms with van der Waals surface area (Å²) in [6, 6.07) is 26.3. The highest BCUT2D eigenvalue weighted by atomic mass is 32.2. The molecule has 4 N–H and O–H groups in total. The fourth-order valence-electron chi connectivity index (χ4n) is 5.02. The molecule has 2 aliphatic heterocycles. The van der Waals surface area contributed by atoms with Gasteiger partial charge >= 0.3 is 6.09 Å². The van der Waals surface area contributed by atoms with E-state index in [0.29, 0.717) is 34.5 Å². The number of carbonyl (C=O) groups excluding carboxylic acids is 3. The number of carbonyl (C=O) groups is 3. The smallest absolute Gasteiger partial charge is 0.411 e. The van der Waals surface area contributed by atoms with Crippen molar-refractivity contribution in [1.82, 2.24) is 4.90 Å². The van der Waals surface area contributed by atoms with E-state index in [-0.39, 0.29) is 35.3 Å². The van der Waals surface area contributed by atoms with Crippen LogP contribution in [0.1, 0.15) is 38.7 Å². The predicted octanol–water partition coefficient (Wildman–Crippen LogP) is 4.68. The first kappa shape index (κ1) is 30.3. The molecule has 0 spiro atoms. The maximum absolute atomic E-state index is 14.1. The lowest BCUT2D eigenvalue weighted by Gasteiger charge is -2.27. The first-order valence-electron chi connectivity index (χ1n) is 13.9. The molecule has 0 aromatic heterocycles. The van der Waals surface area contributed by atoms with Crippen molar-refractivity contribution in [1.29, 1.82) is 0 Å². The number of benzene rings is 4. The van der Waals surface area contributed by atoms with Gasteiger partial charge in [-0.3, -0.25) is 14.9 Å². The summed E-state index contributed by atoms with van der Waals surface area (Å²) < 4.78 is 32.6. The summed E-state index contributed by atoms with van der Waals surface area (Å²) in [6.07, 6.45) is -0.228. The predicted molar refractivity (Wildman–Crippen MR) is 167 cm³/mol. The van der Waals surface area contributed by atoms with Gasteiger partial charge in [-0.15, -0.1) is 0 Å². The molecular weight excluding hydrogens is 580 g/mol. The largest absolute Gasteiger partial charge is 0.449 e. The van der Waals surface area contributed by atoms with Crippen LogP contribution in [-0.2, 0) is 38.1 Å². The van der Waals surface area contributed by atoms with E-state index >= 15 is 0 Å². The molecule has 2 aliphatic rings. The summed E-state index contributed by atoms with van der Waals surface area (Å²) in [5.74, 6) is -1.18. The number of hydrogen-bond acceptors (Lipinski definition) is 7. The molecule has 6 rings (SSSR count). The number of likely N-dealkylation sites (N-methyl/N-ethyl adjacent to an activating group) is 1. The van der Waals surface area contributed by atoms with Crippen LogP contribution in [0, 0.1) is 0 Å². The Hall–Kier alpha value is -5.16. The first-order valence-corrected chi connectivity index (χ1v) is 15.6. The Morgan fingerprint density at radius 2 is 1.73 bits per heavy atom. The standard InChI is InChI=1S/C33H32N4O6S/c1-37-20-26-19-28(14-15-29(26)44(41,42)21-23-6-3-2-4-7-23)36-33(40)43-17-16-22-10-12-24(13-11-22)30(32(37)39)35-27-9-5-8-25(18-27)31(34)38/h2-15,18-19,30,35H,16-17,20-21H2,1H3,(H2,34,38)(H,36,40)/t30-/m1/s1. The molecule has 44 heavy (non-hydrogen) atoms. The zero-order valence-electron chi connectivity index (χ0n) is 24.0. The Balaban J connectivity index is 1.54. The van der Waals surface area contributed by atoms with Gasteiger partial charge in [0, 0.05) is 37.0 Å². The van der Waals surface area contributed by atoms with Crippen LogP contribution in [0.5, 0.6) is 0 Å². The summed E-state index contributed by atoms with van der Waals surface area (Å²) >= 11 is 0. The third-order valence-electron chi connectivity index (χ3n) is 7.27. The first-order chi connectivity index (χ1) is 21.1. The number of primary amides is 1. The molecule has 1 atom stereocenters. The van der Waals surface area contributed by atoms with Crippen molar-refractivity contribution >= 4 is 39.1 Å². The van der Waals surface area contributed by atoms with E-state index in [1.807, 2.05) is 18.2 Å². The molecule has 4 aromatic carbocycles. The lowest BCUT2D eigenvalue weighted by molar-refractivity contribution is -0.131. The van der Waals surface area contributed by atoms with Crippen molar-refractivity contribution in [2.45, 2.75) is 29.7 Å². The summed E-state index contributed by atoms with van der Waals surface area (Å²) in [5.41, 5.74) is 9.09. The molecule has 0 fully saturated rings. The van der Waals surface area contributed by atoms with Gasteiger partial charge in [0.2, 0.25) is 11.8 Å². The molecule has 0 unspecified atom stereocenters. The van der Waals surface area contributed by atoms with Gasteiger partial charge in [-0.2, -0.15) is 0 Å². The number of rotatable bonds is 6. The molecule has 2 heterocycles. The maximum atomic E-state index is 14.1. The van der Waals surface area contributed by atoms with Crippen molar-refractivity contribution in [2.75, 3.05) is 24.3 Å². The molecule has 226 valence electrons. The average Bonchev–Trinajstić information content (AvgIpc) is 3.00. The van der Waals surface area contributed by atoms with Crippen molar-refractivity contribution < 1.29 is 27.5 Å². The minimum absolute atomic E-state index is 0.0454. The Kier molecular flexibility index (Phi) is 8.96. The lowest BCUT2D eigenvalue weighted by atomic mass is 10.0. The molecule has 0 aliphatic carbocycles. The molecule has 10 nitrogen and oxygen atoms in total. The fourth-order valence-corrected chi connectivity index (χ4v) is 6.60. The average molecular weight is 613 g/mol. The van der Waals surface area contributed by atoms with Gasteiger partial charge in [0.15, 0.2) is 9.84 Å². The van der Waals surface area contributed by atoms with Crippen molar-refractivity contribution in [3.63, 3.8) is 0 Å². The van der Waals surface area contributed by atoms with E-state index in [9.17, 15) is 22.8 Å². The third-order valence-corrected chi connectivity index (χ3v) is 9.05. The van der Waals surface area contributed by atoms with Crippen LogP contribution in [0.15, 0.2) is 102 Å². The van der Waals surface area contributed by atoms with E-state index in [0.717, 1.165) is 5.56 Å². The second-order valence-electron chi connectivity index (χ2n) is 10.5.